The van der Waals surface area contributed by atoms with Crippen LogP contribution in [0.2, 0.25) is 0 Å². The van der Waals surface area contributed by atoms with Crippen LogP contribution in [0.25, 0.3) is 0 Å². The van der Waals surface area contributed by atoms with E-state index in [1.165, 1.54) is 4.90 Å². The van der Waals surface area contributed by atoms with E-state index in [2.05, 4.69) is 22.5 Å². The zero-order valence-corrected chi connectivity index (χ0v) is 16.9. The molecule has 7 nitrogen and oxygen atoms in total. The second kappa shape index (κ2) is 9.61. The van der Waals surface area contributed by atoms with Crippen LogP contribution in [0.15, 0.2) is 48.5 Å². The topological polar surface area (TPSA) is 87.7 Å². The van der Waals surface area contributed by atoms with Crippen LogP contribution >= 0.6 is 0 Å². The van der Waals surface area contributed by atoms with Gasteiger partial charge < -0.3 is 20.3 Å². The van der Waals surface area contributed by atoms with Crippen molar-refractivity contribution in [3.05, 3.63) is 59.7 Å². The lowest BCUT2D eigenvalue weighted by molar-refractivity contribution is -0.140. The van der Waals surface area contributed by atoms with Crippen molar-refractivity contribution in [3.8, 4) is 17.6 Å². The summed E-state index contributed by atoms with van der Waals surface area (Å²) in [5.74, 6) is 4.22. The molecule has 7 heteroatoms. The summed E-state index contributed by atoms with van der Waals surface area (Å²) in [6.45, 7) is 1.98. The van der Waals surface area contributed by atoms with Gasteiger partial charge in [-0.1, -0.05) is 36.3 Å². The molecule has 0 saturated carbocycles. The number of nitrogens with one attached hydrogen (secondary N) is 2. The Bertz CT molecular complexity index is 1010. The normalized spacial score (nSPS) is 15.1. The fourth-order valence-electron chi connectivity index (χ4n) is 3.09. The summed E-state index contributed by atoms with van der Waals surface area (Å²) in [4.78, 5) is 38.6. The first-order valence-electron chi connectivity index (χ1n) is 9.59. The number of hydrogen-bond donors (Lipinski definition) is 2. The number of nitrogens with zero attached hydrogens (tertiary/aromatic N) is 1. The number of fused-ring (bicyclic) bond motifs is 1. The predicted molar refractivity (Wildman–Crippen MR) is 113 cm³/mol. The second-order valence-electron chi connectivity index (χ2n) is 6.78. The van der Waals surface area contributed by atoms with Gasteiger partial charge in [0.25, 0.3) is 5.91 Å². The molecule has 3 rings (SSSR count). The third kappa shape index (κ3) is 4.97. The lowest BCUT2D eigenvalue weighted by Crippen LogP contribution is -2.53. The van der Waals surface area contributed by atoms with Gasteiger partial charge in [-0.3, -0.25) is 14.4 Å². The lowest BCUT2D eigenvalue weighted by Gasteiger charge is -2.20. The maximum absolute atomic E-state index is 12.8. The van der Waals surface area contributed by atoms with Crippen molar-refractivity contribution < 1.29 is 19.1 Å². The van der Waals surface area contributed by atoms with E-state index in [4.69, 9.17) is 4.74 Å². The molecule has 0 unspecified atom stereocenters. The number of hydrogen-bond acceptors (Lipinski definition) is 4. The number of carbonyl (C=O) groups excluding carboxylic acids is 3. The summed E-state index contributed by atoms with van der Waals surface area (Å²) in [5, 5.41) is 5.04. The number of carbonyl (C=O) groups is 3. The summed E-state index contributed by atoms with van der Waals surface area (Å²) in [7, 11) is 1.60. The van der Waals surface area contributed by atoms with Gasteiger partial charge in [-0.25, -0.2) is 0 Å². The minimum absolute atomic E-state index is 0.0714. The van der Waals surface area contributed by atoms with E-state index in [0.717, 1.165) is 11.1 Å². The van der Waals surface area contributed by atoms with Crippen LogP contribution in [0.3, 0.4) is 0 Å². The van der Waals surface area contributed by atoms with E-state index in [9.17, 15) is 14.4 Å². The Kier molecular flexibility index (Phi) is 6.71. The summed E-state index contributed by atoms with van der Waals surface area (Å²) in [5.41, 5.74) is 2.36. The molecule has 1 aliphatic rings. The fraction of sp³-hybridized carbons (Fsp3) is 0.261. The summed E-state index contributed by atoms with van der Waals surface area (Å²) in [6, 6.07) is 13.9. The number of amides is 3. The van der Waals surface area contributed by atoms with Crippen LogP contribution < -0.4 is 20.3 Å². The van der Waals surface area contributed by atoms with Crippen molar-refractivity contribution in [3.63, 3.8) is 0 Å². The van der Waals surface area contributed by atoms with Gasteiger partial charge in [0.05, 0.1) is 5.69 Å². The molecule has 0 fully saturated rings. The highest BCUT2D eigenvalue weighted by Crippen LogP contribution is 2.31. The number of ether oxygens (including phenoxy) is 1. The molecule has 0 spiro atoms. The summed E-state index contributed by atoms with van der Waals surface area (Å²) in [6.07, 6.45) is 0.604. The predicted octanol–water partition coefficient (Wildman–Crippen LogP) is 1.26. The Morgan fingerprint density at radius 2 is 1.93 bits per heavy atom. The Morgan fingerprint density at radius 1 is 1.17 bits per heavy atom. The quantitative estimate of drug-likeness (QED) is 0.592. The Labute approximate surface area is 175 Å². The van der Waals surface area contributed by atoms with Crippen LogP contribution in [-0.4, -0.2) is 44.0 Å². The van der Waals surface area contributed by atoms with Crippen LogP contribution in [0, 0.1) is 11.8 Å². The first kappa shape index (κ1) is 20.9. The maximum Gasteiger partial charge on any atom is 0.310 e. The van der Waals surface area contributed by atoms with E-state index >= 15 is 0 Å². The summed E-state index contributed by atoms with van der Waals surface area (Å²) < 4.78 is 5.70. The number of rotatable bonds is 4. The van der Waals surface area contributed by atoms with Crippen molar-refractivity contribution >= 4 is 23.4 Å². The molecule has 1 atom stereocenters. The molecule has 2 aromatic carbocycles. The molecular weight excluding hydrogens is 382 g/mol. The highest BCUT2D eigenvalue weighted by Gasteiger charge is 2.32. The Morgan fingerprint density at radius 3 is 2.67 bits per heavy atom. The third-order valence-electron chi connectivity index (χ3n) is 4.68. The molecule has 0 aliphatic carbocycles. The molecule has 2 aromatic rings. The van der Waals surface area contributed by atoms with E-state index in [1.807, 2.05) is 30.3 Å². The molecule has 0 bridgehead atoms. The average Bonchev–Trinajstić information content (AvgIpc) is 2.87. The number of anilines is 1. The lowest BCUT2D eigenvalue weighted by atomic mass is 10.1. The molecule has 3 amide bonds. The average molecular weight is 405 g/mol. The first-order valence-corrected chi connectivity index (χ1v) is 9.59. The highest BCUT2D eigenvalue weighted by molar-refractivity contribution is 6.35. The number of benzene rings is 2. The van der Waals surface area contributed by atoms with Crippen LogP contribution in [-0.2, 0) is 20.8 Å². The maximum atomic E-state index is 12.8. The van der Waals surface area contributed by atoms with E-state index < -0.39 is 17.9 Å². The standard InChI is InChI=1S/C23H23N3O4/c1-3-7-17-10-11-20-19(14-17)26(2)23(29)18(15-30-20)25-22(28)21(27)24-13-12-16-8-5-4-6-9-16/h4-6,8-11,14,18H,12-13,15H2,1-2H3,(H,24,27)(H,25,28)/t18-/m0/s1. The fourth-order valence-corrected chi connectivity index (χ4v) is 3.09. The van der Waals surface area contributed by atoms with Gasteiger partial charge >= 0.3 is 11.8 Å². The zero-order chi connectivity index (χ0) is 21.5. The van der Waals surface area contributed by atoms with Crippen LogP contribution in [0.5, 0.6) is 5.75 Å². The number of likely N-dealkylation sites (N-methyl/N-ethyl adjacent to an activating group) is 1. The highest BCUT2D eigenvalue weighted by atomic mass is 16.5. The van der Waals surface area contributed by atoms with Crippen molar-refractivity contribution in [1.82, 2.24) is 10.6 Å². The Balaban J connectivity index is 1.59. The van der Waals surface area contributed by atoms with Gasteiger partial charge in [-0.2, -0.15) is 0 Å². The molecular formula is C23H23N3O4. The van der Waals surface area contributed by atoms with Crippen molar-refractivity contribution in [2.75, 3.05) is 25.1 Å². The van der Waals surface area contributed by atoms with E-state index in [0.29, 0.717) is 24.4 Å². The molecule has 2 N–H and O–H groups in total. The third-order valence-corrected chi connectivity index (χ3v) is 4.68. The SMILES string of the molecule is CC#Cc1ccc2c(c1)N(C)C(=O)[C@@H](NC(=O)C(=O)NCCc1ccccc1)CO2. The van der Waals surface area contributed by atoms with E-state index in [-0.39, 0.29) is 12.5 Å². The van der Waals surface area contributed by atoms with E-state index in [1.54, 1.807) is 32.2 Å². The van der Waals surface area contributed by atoms with Crippen molar-refractivity contribution in [2.24, 2.45) is 0 Å². The minimum Gasteiger partial charge on any atom is -0.489 e. The molecule has 30 heavy (non-hydrogen) atoms. The molecule has 154 valence electrons. The molecule has 0 aromatic heterocycles. The van der Waals surface area contributed by atoms with Gasteiger partial charge in [0.1, 0.15) is 18.4 Å². The van der Waals surface area contributed by atoms with Gasteiger partial charge in [-0.05, 0) is 37.1 Å². The van der Waals surface area contributed by atoms with Gasteiger partial charge in [0.2, 0.25) is 0 Å². The Hall–Kier alpha value is -3.79. The van der Waals surface area contributed by atoms with Crippen molar-refractivity contribution in [2.45, 2.75) is 19.4 Å². The monoisotopic (exact) mass is 405 g/mol. The summed E-state index contributed by atoms with van der Waals surface area (Å²) >= 11 is 0. The van der Waals surface area contributed by atoms with Gasteiger partial charge in [-0.15, -0.1) is 5.92 Å². The van der Waals surface area contributed by atoms with Gasteiger partial charge in [0.15, 0.2) is 0 Å². The van der Waals surface area contributed by atoms with Gasteiger partial charge in [0, 0.05) is 19.2 Å². The molecule has 1 heterocycles. The minimum atomic E-state index is -0.976. The second-order valence-corrected chi connectivity index (χ2v) is 6.78. The smallest absolute Gasteiger partial charge is 0.310 e. The molecule has 0 saturated heterocycles. The van der Waals surface area contributed by atoms with Crippen LogP contribution in [0.4, 0.5) is 5.69 Å². The van der Waals surface area contributed by atoms with Crippen molar-refractivity contribution in [1.29, 1.82) is 0 Å². The largest absolute Gasteiger partial charge is 0.489 e. The first-order chi connectivity index (χ1) is 14.5. The molecule has 0 radical (unpaired) electrons. The molecule has 1 aliphatic heterocycles. The zero-order valence-electron chi connectivity index (χ0n) is 16.9. The van der Waals surface area contributed by atoms with Crippen LogP contribution in [0.1, 0.15) is 18.1 Å².